The minimum Gasteiger partial charge on any atom is -0.396 e. The number of benzene rings is 2. The zero-order chi connectivity index (χ0) is 13.1. The average molecular weight is 251 g/mol. The Hall–Kier alpha value is -2.06. The van der Waals surface area contributed by atoms with Crippen LogP contribution in [0.2, 0.25) is 0 Å². The molecule has 2 nitrogen and oxygen atoms in total. The van der Waals surface area contributed by atoms with Crippen LogP contribution in [-0.2, 0) is 13.0 Å². The maximum Gasteiger partial charge on any atom is 0.0486 e. The van der Waals surface area contributed by atoms with E-state index < -0.39 is 0 Å². The maximum absolute atomic E-state index is 9.11. The van der Waals surface area contributed by atoms with Crippen LogP contribution in [-0.4, -0.2) is 16.3 Å². The molecule has 1 aromatic heterocycles. The fourth-order valence-electron chi connectivity index (χ4n) is 2.54. The Morgan fingerprint density at radius 2 is 1.74 bits per heavy atom. The van der Waals surface area contributed by atoms with Crippen LogP contribution >= 0.6 is 0 Å². The van der Waals surface area contributed by atoms with Crippen LogP contribution < -0.4 is 0 Å². The van der Waals surface area contributed by atoms with Crippen molar-refractivity contribution in [2.24, 2.45) is 0 Å². The molecule has 3 rings (SSSR count). The van der Waals surface area contributed by atoms with Crippen LogP contribution in [0.1, 0.15) is 11.1 Å². The Bertz CT molecular complexity index is 670. The third-order valence-electron chi connectivity index (χ3n) is 3.48. The van der Waals surface area contributed by atoms with Gasteiger partial charge in [0.25, 0.3) is 0 Å². The molecule has 0 aliphatic heterocycles. The summed E-state index contributed by atoms with van der Waals surface area (Å²) in [4.78, 5) is 0. The fraction of sp³-hybridized carbons (Fsp3) is 0.176. The van der Waals surface area contributed by atoms with E-state index >= 15 is 0 Å². The van der Waals surface area contributed by atoms with E-state index in [1.807, 2.05) is 6.07 Å². The molecule has 0 atom stereocenters. The smallest absolute Gasteiger partial charge is 0.0486 e. The van der Waals surface area contributed by atoms with Crippen LogP contribution in [0.3, 0.4) is 0 Å². The molecule has 2 aromatic carbocycles. The highest BCUT2D eigenvalue weighted by molar-refractivity contribution is 5.83. The summed E-state index contributed by atoms with van der Waals surface area (Å²) in [5.74, 6) is 0. The number of aromatic nitrogens is 1. The Morgan fingerprint density at radius 1 is 0.895 bits per heavy atom. The number of rotatable bonds is 4. The molecular weight excluding hydrogens is 234 g/mol. The lowest BCUT2D eigenvalue weighted by Crippen LogP contribution is -1.98. The van der Waals surface area contributed by atoms with Crippen molar-refractivity contribution >= 4 is 10.9 Å². The summed E-state index contributed by atoms with van der Waals surface area (Å²) in [5.41, 5.74) is 3.74. The van der Waals surface area contributed by atoms with Crippen molar-refractivity contribution in [3.63, 3.8) is 0 Å². The first-order valence-corrected chi connectivity index (χ1v) is 6.60. The normalized spacial score (nSPS) is 11.0. The SMILES string of the molecule is OCCc1cccc2c1ccn2Cc1ccccc1. The second-order valence-corrected chi connectivity index (χ2v) is 4.75. The molecule has 1 heterocycles. The van der Waals surface area contributed by atoms with Gasteiger partial charge in [-0.25, -0.2) is 0 Å². The molecule has 0 aliphatic carbocycles. The number of hydrogen-bond donors (Lipinski definition) is 1. The summed E-state index contributed by atoms with van der Waals surface area (Å²) in [6, 6.07) is 18.9. The van der Waals surface area contributed by atoms with Gasteiger partial charge < -0.3 is 9.67 Å². The molecule has 2 heteroatoms. The van der Waals surface area contributed by atoms with Gasteiger partial charge in [0.1, 0.15) is 0 Å². The average Bonchev–Trinajstić information content (AvgIpc) is 2.85. The Labute approximate surface area is 112 Å². The molecule has 0 unspecified atom stereocenters. The van der Waals surface area contributed by atoms with E-state index in [1.165, 1.54) is 22.0 Å². The third-order valence-corrected chi connectivity index (χ3v) is 3.48. The second-order valence-electron chi connectivity index (χ2n) is 4.75. The van der Waals surface area contributed by atoms with Crippen LogP contribution in [0, 0.1) is 0 Å². The molecule has 0 saturated heterocycles. The highest BCUT2D eigenvalue weighted by Crippen LogP contribution is 2.21. The van der Waals surface area contributed by atoms with E-state index in [2.05, 4.69) is 59.3 Å². The van der Waals surface area contributed by atoms with Gasteiger partial charge in [-0.15, -0.1) is 0 Å². The molecule has 0 aliphatic rings. The van der Waals surface area contributed by atoms with Gasteiger partial charge in [0.15, 0.2) is 0 Å². The van der Waals surface area contributed by atoms with E-state index in [0.717, 1.165) is 6.54 Å². The maximum atomic E-state index is 9.11. The van der Waals surface area contributed by atoms with E-state index in [0.29, 0.717) is 6.42 Å². The van der Waals surface area contributed by atoms with Gasteiger partial charge in [-0.1, -0.05) is 42.5 Å². The van der Waals surface area contributed by atoms with Crippen LogP contribution in [0.4, 0.5) is 0 Å². The zero-order valence-electron chi connectivity index (χ0n) is 10.8. The lowest BCUT2D eigenvalue weighted by atomic mass is 10.1. The quantitative estimate of drug-likeness (QED) is 0.756. The van der Waals surface area contributed by atoms with Crippen molar-refractivity contribution in [3.05, 3.63) is 71.9 Å². The first-order chi connectivity index (χ1) is 9.38. The first-order valence-electron chi connectivity index (χ1n) is 6.60. The lowest BCUT2D eigenvalue weighted by Gasteiger charge is -2.07. The molecule has 0 radical (unpaired) electrons. The third kappa shape index (κ3) is 2.40. The second kappa shape index (κ2) is 5.29. The van der Waals surface area contributed by atoms with Crippen molar-refractivity contribution in [1.82, 2.24) is 4.57 Å². The summed E-state index contributed by atoms with van der Waals surface area (Å²) in [7, 11) is 0. The minimum atomic E-state index is 0.197. The van der Waals surface area contributed by atoms with Gasteiger partial charge in [0.2, 0.25) is 0 Å². The predicted molar refractivity (Wildman–Crippen MR) is 78.3 cm³/mol. The molecule has 96 valence electrons. The van der Waals surface area contributed by atoms with Gasteiger partial charge in [0.05, 0.1) is 0 Å². The molecule has 0 bridgehead atoms. The number of aliphatic hydroxyl groups excluding tert-OH is 1. The minimum absolute atomic E-state index is 0.197. The number of nitrogens with zero attached hydrogens (tertiary/aromatic N) is 1. The summed E-state index contributed by atoms with van der Waals surface area (Å²) in [5, 5.41) is 10.4. The Morgan fingerprint density at radius 3 is 2.53 bits per heavy atom. The van der Waals surface area contributed by atoms with Crippen molar-refractivity contribution < 1.29 is 5.11 Å². The number of hydrogen-bond acceptors (Lipinski definition) is 1. The summed E-state index contributed by atoms with van der Waals surface area (Å²) >= 11 is 0. The Balaban J connectivity index is 1.99. The Kier molecular flexibility index (Phi) is 3.34. The molecule has 1 N–H and O–H groups in total. The van der Waals surface area contributed by atoms with Crippen molar-refractivity contribution in [3.8, 4) is 0 Å². The molecular formula is C17H17NO. The van der Waals surface area contributed by atoms with Gasteiger partial charge in [-0.2, -0.15) is 0 Å². The number of aliphatic hydroxyl groups is 1. The first kappa shape index (κ1) is 12.0. The lowest BCUT2D eigenvalue weighted by molar-refractivity contribution is 0.300. The zero-order valence-corrected chi connectivity index (χ0v) is 10.8. The van der Waals surface area contributed by atoms with Crippen LogP contribution in [0.5, 0.6) is 0 Å². The van der Waals surface area contributed by atoms with E-state index in [1.54, 1.807) is 0 Å². The van der Waals surface area contributed by atoms with Gasteiger partial charge in [-0.3, -0.25) is 0 Å². The largest absolute Gasteiger partial charge is 0.396 e. The van der Waals surface area contributed by atoms with Gasteiger partial charge in [0, 0.05) is 30.3 Å². The van der Waals surface area contributed by atoms with Gasteiger partial charge in [-0.05, 0) is 29.7 Å². The standard InChI is InChI=1S/C17H17NO/c19-12-10-15-7-4-8-17-16(15)9-11-18(17)13-14-5-2-1-3-6-14/h1-9,11,19H,10,12-13H2. The van der Waals surface area contributed by atoms with Gasteiger partial charge >= 0.3 is 0 Å². The highest BCUT2D eigenvalue weighted by Gasteiger charge is 2.05. The topological polar surface area (TPSA) is 25.2 Å². The molecule has 0 amide bonds. The molecule has 0 spiro atoms. The molecule has 0 saturated carbocycles. The van der Waals surface area contributed by atoms with E-state index in [9.17, 15) is 0 Å². The number of fused-ring (bicyclic) bond motifs is 1. The van der Waals surface area contributed by atoms with E-state index in [-0.39, 0.29) is 6.61 Å². The predicted octanol–water partition coefficient (Wildman–Crippen LogP) is 3.22. The molecule has 0 fully saturated rings. The molecule has 19 heavy (non-hydrogen) atoms. The summed E-state index contributed by atoms with van der Waals surface area (Å²) in [6.45, 7) is 1.08. The fourth-order valence-corrected chi connectivity index (χ4v) is 2.54. The summed E-state index contributed by atoms with van der Waals surface area (Å²) < 4.78 is 2.26. The van der Waals surface area contributed by atoms with Crippen molar-refractivity contribution in [2.75, 3.05) is 6.61 Å². The highest BCUT2D eigenvalue weighted by atomic mass is 16.2. The monoisotopic (exact) mass is 251 g/mol. The van der Waals surface area contributed by atoms with Crippen LogP contribution in [0.15, 0.2) is 60.8 Å². The van der Waals surface area contributed by atoms with Crippen LogP contribution in [0.25, 0.3) is 10.9 Å². The van der Waals surface area contributed by atoms with E-state index in [4.69, 9.17) is 5.11 Å². The van der Waals surface area contributed by atoms with Crippen molar-refractivity contribution in [1.29, 1.82) is 0 Å². The summed E-state index contributed by atoms with van der Waals surface area (Å²) in [6.07, 6.45) is 2.84. The molecule has 3 aromatic rings. The van der Waals surface area contributed by atoms with Crippen molar-refractivity contribution in [2.45, 2.75) is 13.0 Å².